The van der Waals surface area contributed by atoms with E-state index in [4.69, 9.17) is 11.6 Å². The van der Waals surface area contributed by atoms with Gasteiger partial charge in [-0.2, -0.15) is 0 Å². The molecule has 0 bridgehead atoms. The Balaban J connectivity index is 1.90. The fourth-order valence-corrected chi connectivity index (χ4v) is 3.50. The number of piperazine rings is 1. The second kappa shape index (κ2) is 6.50. The second-order valence-corrected chi connectivity index (χ2v) is 6.74. The zero-order chi connectivity index (χ0) is 17.4. The first-order valence-electron chi connectivity index (χ1n) is 8.34. The van der Waals surface area contributed by atoms with Gasteiger partial charge in [-0.1, -0.05) is 29.8 Å². The molecule has 4 rings (SSSR count). The lowest BCUT2D eigenvalue weighted by Gasteiger charge is -2.34. The Morgan fingerprint density at radius 2 is 1.68 bits per heavy atom. The normalized spacial score (nSPS) is 15.7. The Labute approximate surface area is 151 Å². The van der Waals surface area contributed by atoms with Gasteiger partial charge in [0.1, 0.15) is 6.33 Å². The Hall–Kier alpha value is -2.37. The maximum absolute atomic E-state index is 13.2. The highest BCUT2D eigenvalue weighted by Gasteiger charge is 2.19. The number of aromatic nitrogens is 2. The molecule has 3 aromatic rings. The average molecular weight is 355 g/mol. The highest BCUT2D eigenvalue weighted by Crippen LogP contribution is 2.25. The van der Waals surface area contributed by atoms with E-state index in [0.29, 0.717) is 21.6 Å². The summed E-state index contributed by atoms with van der Waals surface area (Å²) in [6.45, 7) is 3.76. The third kappa shape index (κ3) is 2.90. The number of fused-ring (bicyclic) bond motifs is 1. The van der Waals surface area contributed by atoms with Crippen molar-refractivity contribution in [2.24, 2.45) is 0 Å². The number of nitrogens with zero attached hydrogens (tertiary/aromatic N) is 4. The van der Waals surface area contributed by atoms with E-state index >= 15 is 0 Å². The van der Waals surface area contributed by atoms with Crippen molar-refractivity contribution in [1.82, 2.24) is 14.5 Å². The fourth-order valence-electron chi connectivity index (χ4n) is 3.28. The zero-order valence-corrected chi connectivity index (χ0v) is 14.8. The summed E-state index contributed by atoms with van der Waals surface area (Å²) >= 11 is 6.28. The van der Waals surface area contributed by atoms with E-state index in [1.165, 1.54) is 4.57 Å². The van der Waals surface area contributed by atoms with Crippen LogP contribution in [0.5, 0.6) is 0 Å². The minimum atomic E-state index is -0.0902. The first-order valence-corrected chi connectivity index (χ1v) is 8.72. The number of likely N-dealkylation sites (N-methyl/N-ethyl adjacent to an activating group) is 1. The van der Waals surface area contributed by atoms with Gasteiger partial charge in [0, 0.05) is 26.2 Å². The summed E-state index contributed by atoms with van der Waals surface area (Å²) in [5, 5.41) is 1.18. The van der Waals surface area contributed by atoms with Crippen LogP contribution in [-0.2, 0) is 0 Å². The summed E-state index contributed by atoms with van der Waals surface area (Å²) in [6.07, 6.45) is 1.56. The number of anilines is 1. The van der Waals surface area contributed by atoms with Crippen molar-refractivity contribution in [3.05, 3.63) is 64.2 Å². The first-order chi connectivity index (χ1) is 12.1. The van der Waals surface area contributed by atoms with Crippen LogP contribution in [0.3, 0.4) is 0 Å². The third-order valence-corrected chi connectivity index (χ3v) is 5.04. The molecule has 0 saturated carbocycles. The summed E-state index contributed by atoms with van der Waals surface area (Å²) in [4.78, 5) is 22.3. The van der Waals surface area contributed by atoms with E-state index < -0.39 is 0 Å². The van der Waals surface area contributed by atoms with Gasteiger partial charge in [-0.05, 0) is 31.3 Å². The van der Waals surface area contributed by atoms with Crippen molar-refractivity contribution >= 4 is 28.2 Å². The molecule has 0 aliphatic carbocycles. The molecule has 128 valence electrons. The molecule has 25 heavy (non-hydrogen) atoms. The van der Waals surface area contributed by atoms with Crippen molar-refractivity contribution in [3.63, 3.8) is 0 Å². The topological polar surface area (TPSA) is 41.4 Å². The lowest BCUT2D eigenvalue weighted by Crippen LogP contribution is -2.44. The monoisotopic (exact) mass is 354 g/mol. The molecule has 0 N–H and O–H groups in total. The molecule has 1 aliphatic rings. The van der Waals surface area contributed by atoms with Crippen molar-refractivity contribution in [1.29, 1.82) is 0 Å². The molecule has 0 atom stereocenters. The van der Waals surface area contributed by atoms with Crippen molar-refractivity contribution < 1.29 is 0 Å². The van der Waals surface area contributed by atoms with Gasteiger partial charge in [0.2, 0.25) is 0 Å². The maximum Gasteiger partial charge on any atom is 0.267 e. The maximum atomic E-state index is 13.2. The summed E-state index contributed by atoms with van der Waals surface area (Å²) in [7, 11) is 2.12. The minimum Gasteiger partial charge on any atom is -0.368 e. The van der Waals surface area contributed by atoms with E-state index in [-0.39, 0.29) is 5.56 Å². The van der Waals surface area contributed by atoms with Gasteiger partial charge >= 0.3 is 0 Å². The number of hydrogen-bond acceptors (Lipinski definition) is 4. The van der Waals surface area contributed by atoms with E-state index in [9.17, 15) is 4.79 Å². The number of halogens is 1. The summed E-state index contributed by atoms with van der Waals surface area (Å²) in [5.74, 6) is 0. The Morgan fingerprint density at radius 1 is 0.960 bits per heavy atom. The van der Waals surface area contributed by atoms with Gasteiger partial charge in [-0.25, -0.2) is 4.98 Å². The molecule has 2 heterocycles. The summed E-state index contributed by atoms with van der Waals surface area (Å²) in [5.41, 5.74) is 2.22. The van der Waals surface area contributed by atoms with E-state index in [0.717, 1.165) is 31.9 Å². The van der Waals surface area contributed by atoms with E-state index in [2.05, 4.69) is 21.8 Å². The van der Waals surface area contributed by atoms with Gasteiger partial charge in [0.15, 0.2) is 0 Å². The van der Waals surface area contributed by atoms with Crippen molar-refractivity contribution in [3.8, 4) is 5.69 Å². The lowest BCUT2D eigenvalue weighted by molar-refractivity contribution is 0.313. The quantitative estimate of drug-likeness (QED) is 0.709. The summed E-state index contributed by atoms with van der Waals surface area (Å²) in [6, 6.07) is 13.2. The number of benzene rings is 2. The molecular weight excluding hydrogens is 336 g/mol. The number of rotatable bonds is 2. The highest BCUT2D eigenvalue weighted by atomic mass is 35.5. The van der Waals surface area contributed by atoms with Gasteiger partial charge in [-0.15, -0.1) is 0 Å². The molecule has 1 fully saturated rings. The Morgan fingerprint density at radius 3 is 2.44 bits per heavy atom. The Bertz CT molecular complexity index is 977. The first kappa shape index (κ1) is 16.1. The van der Waals surface area contributed by atoms with Crippen LogP contribution in [0.4, 0.5) is 5.69 Å². The molecule has 0 radical (unpaired) electrons. The molecule has 1 aliphatic heterocycles. The smallest absolute Gasteiger partial charge is 0.267 e. The average Bonchev–Trinajstić information content (AvgIpc) is 2.63. The molecule has 6 heteroatoms. The van der Waals surface area contributed by atoms with Crippen LogP contribution >= 0.6 is 11.6 Å². The molecule has 1 saturated heterocycles. The SMILES string of the molecule is CN1CCN(c2cccc3ncn(-c4ccccc4Cl)c(=O)c23)CC1. The molecule has 2 aromatic carbocycles. The van der Waals surface area contributed by atoms with Gasteiger partial charge in [-0.3, -0.25) is 9.36 Å². The molecule has 5 nitrogen and oxygen atoms in total. The molecule has 1 aromatic heterocycles. The van der Waals surface area contributed by atoms with Gasteiger partial charge < -0.3 is 9.80 Å². The predicted octanol–water partition coefficient (Wildman–Crippen LogP) is 2.79. The lowest BCUT2D eigenvalue weighted by atomic mass is 10.1. The number of hydrogen-bond donors (Lipinski definition) is 0. The van der Waals surface area contributed by atoms with Gasteiger partial charge in [0.25, 0.3) is 5.56 Å². The van der Waals surface area contributed by atoms with Crippen LogP contribution < -0.4 is 10.5 Å². The van der Waals surface area contributed by atoms with Crippen LogP contribution in [0, 0.1) is 0 Å². The van der Waals surface area contributed by atoms with Crippen LogP contribution in [0.15, 0.2) is 53.6 Å². The second-order valence-electron chi connectivity index (χ2n) is 6.33. The largest absolute Gasteiger partial charge is 0.368 e. The van der Waals surface area contributed by atoms with E-state index in [1.54, 1.807) is 12.4 Å². The van der Waals surface area contributed by atoms with Gasteiger partial charge in [0.05, 0.1) is 27.3 Å². The summed E-state index contributed by atoms with van der Waals surface area (Å²) < 4.78 is 1.53. The fraction of sp³-hybridized carbons (Fsp3) is 0.263. The van der Waals surface area contributed by atoms with Crippen LogP contribution in [0.25, 0.3) is 16.6 Å². The van der Waals surface area contributed by atoms with E-state index in [1.807, 2.05) is 36.4 Å². The van der Waals surface area contributed by atoms with Crippen molar-refractivity contribution in [2.45, 2.75) is 0 Å². The number of para-hydroxylation sites is 1. The predicted molar refractivity (Wildman–Crippen MR) is 102 cm³/mol. The zero-order valence-electron chi connectivity index (χ0n) is 14.0. The van der Waals surface area contributed by atoms with Crippen LogP contribution in [0.1, 0.15) is 0 Å². The Kier molecular flexibility index (Phi) is 4.19. The molecule has 0 amide bonds. The van der Waals surface area contributed by atoms with Crippen LogP contribution in [0.2, 0.25) is 5.02 Å². The standard InChI is InChI=1S/C19H19ClN4O/c1-22-9-11-23(12-10-22)17-8-4-6-15-18(17)19(25)24(13-21-15)16-7-3-2-5-14(16)20/h2-8,13H,9-12H2,1H3. The molecule has 0 spiro atoms. The van der Waals surface area contributed by atoms with Crippen molar-refractivity contribution in [2.75, 3.05) is 38.1 Å². The molecular formula is C19H19ClN4O. The van der Waals surface area contributed by atoms with Crippen LogP contribution in [-0.4, -0.2) is 47.7 Å². The highest BCUT2D eigenvalue weighted by molar-refractivity contribution is 6.32. The third-order valence-electron chi connectivity index (χ3n) is 4.72. The molecule has 0 unspecified atom stereocenters. The minimum absolute atomic E-state index is 0.0902.